The molecule has 0 bridgehead atoms. The number of halogens is 2. The van der Waals surface area contributed by atoms with Gasteiger partial charge in [-0.1, -0.05) is 29.8 Å². The first kappa shape index (κ1) is 21.4. The predicted molar refractivity (Wildman–Crippen MR) is 113 cm³/mol. The normalized spacial score (nSPS) is 10.3. The molecule has 0 saturated heterocycles. The van der Waals surface area contributed by atoms with Gasteiger partial charge in [0.05, 0.1) is 24.4 Å². The molecule has 6 heteroatoms. The van der Waals surface area contributed by atoms with Gasteiger partial charge in [0.2, 0.25) is 0 Å². The lowest BCUT2D eigenvalue weighted by Gasteiger charge is -2.15. The summed E-state index contributed by atoms with van der Waals surface area (Å²) in [7, 11) is 1.65. The Labute approximate surface area is 174 Å². The molecule has 4 nitrogen and oxygen atoms in total. The van der Waals surface area contributed by atoms with E-state index in [2.05, 4.69) is 52.4 Å². The lowest BCUT2D eigenvalue weighted by molar-refractivity contribution is 0.282. The van der Waals surface area contributed by atoms with Gasteiger partial charge in [-0.15, -0.1) is 12.4 Å². The molecule has 0 radical (unpaired) electrons. The number of furan rings is 1. The van der Waals surface area contributed by atoms with E-state index in [1.807, 2.05) is 24.3 Å². The molecule has 0 aliphatic carbocycles. The van der Waals surface area contributed by atoms with Crippen LogP contribution in [0.15, 0.2) is 63.7 Å². The molecule has 3 rings (SSSR count). The van der Waals surface area contributed by atoms with Gasteiger partial charge in [-0.25, -0.2) is 0 Å². The third kappa shape index (κ3) is 6.03. The number of hydrogen-bond acceptors (Lipinski definition) is 4. The van der Waals surface area contributed by atoms with Gasteiger partial charge in [-0.3, -0.25) is 0 Å². The van der Waals surface area contributed by atoms with Crippen molar-refractivity contribution in [1.29, 1.82) is 0 Å². The van der Waals surface area contributed by atoms with E-state index >= 15 is 0 Å². The molecule has 0 unspecified atom stereocenters. The second-order valence-corrected chi connectivity index (χ2v) is 6.92. The number of rotatable bonds is 8. The van der Waals surface area contributed by atoms with Gasteiger partial charge in [-0.2, -0.15) is 0 Å². The highest BCUT2D eigenvalue weighted by atomic mass is 79.9. The number of hydrogen-bond donors (Lipinski definition) is 1. The van der Waals surface area contributed by atoms with Crippen LogP contribution in [0.2, 0.25) is 0 Å². The van der Waals surface area contributed by atoms with Crippen LogP contribution in [-0.2, 0) is 19.7 Å². The molecule has 144 valence electrons. The van der Waals surface area contributed by atoms with E-state index in [1.165, 1.54) is 5.56 Å². The van der Waals surface area contributed by atoms with Crippen molar-refractivity contribution in [3.8, 4) is 11.5 Å². The summed E-state index contributed by atoms with van der Waals surface area (Å²) in [6.07, 6.45) is 1.68. The summed E-state index contributed by atoms with van der Waals surface area (Å²) >= 11 is 3.60. The molecule has 3 aromatic rings. The molecule has 27 heavy (non-hydrogen) atoms. The fourth-order valence-corrected chi connectivity index (χ4v) is 3.20. The zero-order valence-electron chi connectivity index (χ0n) is 15.3. The molecule has 2 aromatic carbocycles. The number of methoxy groups -OCH3 is 1. The van der Waals surface area contributed by atoms with E-state index in [-0.39, 0.29) is 12.4 Å². The smallest absolute Gasteiger partial charge is 0.175 e. The Morgan fingerprint density at radius 1 is 1.04 bits per heavy atom. The molecule has 0 spiro atoms. The summed E-state index contributed by atoms with van der Waals surface area (Å²) in [6.45, 7) is 3.95. The van der Waals surface area contributed by atoms with Crippen molar-refractivity contribution in [3.05, 3.63) is 81.7 Å². The van der Waals surface area contributed by atoms with Crippen molar-refractivity contribution in [1.82, 2.24) is 5.32 Å². The van der Waals surface area contributed by atoms with Gasteiger partial charge in [0.15, 0.2) is 11.5 Å². The lowest BCUT2D eigenvalue weighted by Crippen LogP contribution is -2.12. The van der Waals surface area contributed by atoms with Crippen LogP contribution < -0.4 is 14.8 Å². The van der Waals surface area contributed by atoms with Gasteiger partial charge >= 0.3 is 0 Å². The van der Waals surface area contributed by atoms with Crippen molar-refractivity contribution < 1.29 is 13.9 Å². The standard InChI is InChI=1S/C21H22BrNO3.ClH/c1-15-5-7-16(8-6-15)14-26-21-19(22)10-17(11-20(21)24-2)12-23-13-18-4-3-9-25-18;/h3-11,23H,12-14H2,1-2H3;1H. The fraction of sp³-hybridized carbons (Fsp3) is 0.238. The molecule has 0 aliphatic heterocycles. The van der Waals surface area contributed by atoms with E-state index in [9.17, 15) is 0 Å². The molecular formula is C21H23BrClNO3. The Hall–Kier alpha value is -1.95. The quantitative estimate of drug-likeness (QED) is 0.479. The van der Waals surface area contributed by atoms with Crippen molar-refractivity contribution in [2.45, 2.75) is 26.6 Å². The van der Waals surface area contributed by atoms with Crippen LogP contribution in [0.1, 0.15) is 22.5 Å². The summed E-state index contributed by atoms with van der Waals surface area (Å²) in [5.74, 6) is 2.33. The minimum Gasteiger partial charge on any atom is -0.493 e. The summed E-state index contributed by atoms with van der Waals surface area (Å²) in [6, 6.07) is 16.2. The Balaban J connectivity index is 0.00000261. The molecule has 0 amide bonds. The lowest BCUT2D eigenvalue weighted by atomic mass is 10.1. The minimum absolute atomic E-state index is 0. The average Bonchev–Trinajstić information content (AvgIpc) is 3.15. The molecule has 1 N–H and O–H groups in total. The van der Waals surface area contributed by atoms with E-state index < -0.39 is 0 Å². The first-order valence-corrected chi connectivity index (χ1v) is 9.23. The van der Waals surface area contributed by atoms with Gasteiger partial charge in [0, 0.05) is 6.54 Å². The molecule has 0 fully saturated rings. The Kier molecular flexibility index (Phi) is 8.23. The molecule has 0 atom stereocenters. The molecule has 0 aliphatic rings. The predicted octanol–water partition coefficient (Wildman–Crippen LogP) is 5.65. The van der Waals surface area contributed by atoms with Crippen molar-refractivity contribution in [3.63, 3.8) is 0 Å². The van der Waals surface area contributed by atoms with Crippen LogP contribution in [-0.4, -0.2) is 7.11 Å². The number of aryl methyl sites for hydroxylation is 1. The number of ether oxygens (including phenoxy) is 2. The SMILES string of the molecule is COc1cc(CNCc2ccco2)cc(Br)c1OCc1ccc(C)cc1.Cl. The number of nitrogens with one attached hydrogen (secondary N) is 1. The Morgan fingerprint density at radius 3 is 2.48 bits per heavy atom. The first-order chi connectivity index (χ1) is 12.7. The average molecular weight is 453 g/mol. The van der Waals surface area contributed by atoms with Crippen LogP contribution in [0, 0.1) is 6.92 Å². The number of benzene rings is 2. The highest BCUT2D eigenvalue weighted by Crippen LogP contribution is 2.37. The summed E-state index contributed by atoms with van der Waals surface area (Å²) in [5.41, 5.74) is 3.45. The van der Waals surface area contributed by atoms with Crippen LogP contribution in [0.25, 0.3) is 0 Å². The zero-order chi connectivity index (χ0) is 18.4. The van der Waals surface area contributed by atoms with Crippen molar-refractivity contribution in [2.24, 2.45) is 0 Å². The van der Waals surface area contributed by atoms with E-state index in [0.29, 0.717) is 31.2 Å². The monoisotopic (exact) mass is 451 g/mol. The first-order valence-electron chi connectivity index (χ1n) is 8.43. The maximum absolute atomic E-state index is 6.00. The van der Waals surface area contributed by atoms with Crippen LogP contribution >= 0.6 is 28.3 Å². The second kappa shape index (κ2) is 10.4. The molecule has 0 saturated carbocycles. The van der Waals surface area contributed by atoms with Crippen LogP contribution in [0.3, 0.4) is 0 Å². The molecular weight excluding hydrogens is 430 g/mol. The Morgan fingerprint density at radius 2 is 1.81 bits per heavy atom. The highest BCUT2D eigenvalue weighted by Gasteiger charge is 2.12. The van der Waals surface area contributed by atoms with Crippen molar-refractivity contribution in [2.75, 3.05) is 7.11 Å². The topological polar surface area (TPSA) is 43.6 Å². The fourth-order valence-electron chi connectivity index (χ4n) is 2.60. The maximum Gasteiger partial charge on any atom is 0.175 e. The van der Waals surface area contributed by atoms with E-state index in [4.69, 9.17) is 13.9 Å². The van der Waals surface area contributed by atoms with E-state index in [0.717, 1.165) is 21.4 Å². The highest BCUT2D eigenvalue weighted by molar-refractivity contribution is 9.10. The van der Waals surface area contributed by atoms with E-state index in [1.54, 1.807) is 13.4 Å². The van der Waals surface area contributed by atoms with Gasteiger partial charge in [0.25, 0.3) is 0 Å². The van der Waals surface area contributed by atoms with Crippen LogP contribution in [0.5, 0.6) is 11.5 Å². The summed E-state index contributed by atoms with van der Waals surface area (Å²) < 4.78 is 17.7. The van der Waals surface area contributed by atoms with Crippen LogP contribution in [0.4, 0.5) is 0 Å². The maximum atomic E-state index is 6.00. The second-order valence-electron chi connectivity index (χ2n) is 6.07. The molecule has 1 heterocycles. The van der Waals surface area contributed by atoms with Gasteiger partial charge in [0.1, 0.15) is 12.4 Å². The third-order valence-electron chi connectivity index (χ3n) is 4.00. The van der Waals surface area contributed by atoms with Gasteiger partial charge in [-0.05, 0) is 58.2 Å². The van der Waals surface area contributed by atoms with Gasteiger partial charge < -0.3 is 19.2 Å². The zero-order valence-corrected chi connectivity index (χ0v) is 17.7. The Bertz CT molecular complexity index is 835. The minimum atomic E-state index is 0. The summed E-state index contributed by atoms with van der Waals surface area (Å²) in [5, 5.41) is 3.35. The summed E-state index contributed by atoms with van der Waals surface area (Å²) in [4.78, 5) is 0. The largest absolute Gasteiger partial charge is 0.493 e. The third-order valence-corrected chi connectivity index (χ3v) is 4.59. The van der Waals surface area contributed by atoms with Crippen molar-refractivity contribution >= 4 is 28.3 Å². The molecule has 1 aromatic heterocycles.